The van der Waals surface area contributed by atoms with E-state index in [4.69, 9.17) is 0 Å². The summed E-state index contributed by atoms with van der Waals surface area (Å²) in [5, 5.41) is 18.6. The fourth-order valence-corrected chi connectivity index (χ4v) is 4.80. The number of aromatic amines is 1. The van der Waals surface area contributed by atoms with Gasteiger partial charge in [0.15, 0.2) is 0 Å². The molecule has 4 amide bonds. The molecule has 0 spiro atoms. The highest BCUT2D eigenvalue weighted by atomic mass is 16.2. The summed E-state index contributed by atoms with van der Waals surface area (Å²) in [5.41, 5.74) is 3.24. The number of rotatable bonds is 8. The first kappa shape index (κ1) is 24.4. The topological polar surface area (TPSA) is 149 Å². The minimum absolute atomic E-state index is 0.172. The van der Waals surface area contributed by atoms with Crippen LogP contribution in [0.5, 0.6) is 0 Å². The van der Waals surface area contributed by atoms with E-state index in [1.165, 1.54) is 18.0 Å². The van der Waals surface area contributed by atoms with Gasteiger partial charge in [0.25, 0.3) is 0 Å². The van der Waals surface area contributed by atoms with Crippen LogP contribution in [-0.4, -0.2) is 57.2 Å². The van der Waals surface area contributed by atoms with Crippen LogP contribution in [0.1, 0.15) is 50.4 Å². The zero-order valence-corrected chi connectivity index (χ0v) is 20.1. The smallest absolute Gasteiger partial charge is 0.250 e. The van der Waals surface area contributed by atoms with Crippen LogP contribution in [-0.2, 0) is 38.6 Å². The number of benzene rings is 1. The Morgan fingerprint density at radius 2 is 2.00 bits per heavy atom. The third-order valence-electron chi connectivity index (χ3n) is 6.34. The fourth-order valence-electron chi connectivity index (χ4n) is 4.80. The molecule has 1 aromatic carbocycles. The number of hydrogen-bond donors (Lipinski definition) is 4. The highest BCUT2D eigenvalue weighted by molar-refractivity contribution is 6.08. The Morgan fingerprint density at radius 3 is 2.69 bits per heavy atom. The second-order valence-corrected chi connectivity index (χ2v) is 9.51. The predicted octanol–water partition coefficient (Wildman–Crippen LogP) is 0.361. The quantitative estimate of drug-likeness (QED) is 0.428. The third kappa shape index (κ3) is 5.33. The molecule has 3 atom stereocenters. The second kappa shape index (κ2) is 10.2. The molecule has 2 aliphatic rings. The average molecular weight is 482 g/mol. The lowest BCUT2D eigenvalue weighted by molar-refractivity contribution is -0.132. The number of anilines is 1. The Labute approximate surface area is 203 Å². The highest BCUT2D eigenvalue weighted by Crippen LogP contribution is 2.39. The van der Waals surface area contributed by atoms with E-state index in [2.05, 4.69) is 31.4 Å². The van der Waals surface area contributed by atoms with Crippen molar-refractivity contribution < 1.29 is 19.2 Å². The van der Waals surface area contributed by atoms with Crippen molar-refractivity contribution in [3.8, 4) is 0 Å². The largest absolute Gasteiger partial charge is 0.348 e. The van der Waals surface area contributed by atoms with Gasteiger partial charge in [0.2, 0.25) is 23.6 Å². The van der Waals surface area contributed by atoms with E-state index in [0.717, 1.165) is 16.8 Å². The molecule has 4 N–H and O–H groups in total. The Hall–Kier alpha value is -3.76. The number of carbonyl (C=O) groups is 4. The molecule has 2 aliphatic heterocycles. The summed E-state index contributed by atoms with van der Waals surface area (Å²) in [6.45, 7) is 5.47. The molecule has 0 saturated carbocycles. The monoisotopic (exact) mass is 481 g/mol. The molecule has 0 unspecified atom stereocenters. The number of carbonyl (C=O) groups excluding carboxylic acids is 4. The number of para-hydroxylation sites is 1. The molecule has 35 heavy (non-hydrogen) atoms. The maximum atomic E-state index is 13.7. The van der Waals surface area contributed by atoms with Crippen LogP contribution in [0.2, 0.25) is 0 Å². The van der Waals surface area contributed by atoms with Crippen LogP contribution < -0.4 is 20.9 Å². The van der Waals surface area contributed by atoms with Gasteiger partial charge in [-0.1, -0.05) is 32.0 Å². The van der Waals surface area contributed by atoms with E-state index < -0.39 is 24.0 Å². The predicted molar refractivity (Wildman–Crippen MR) is 127 cm³/mol. The molecule has 0 fully saturated rings. The Morgan fingerprint density at radius 1 is 1.23 bits per heavy atom. The molecule has 1 aromatic heterocycles. The molecule has 2 aromatic rings. The van der Waals surface area contributed by atoms with E-state index in [1.807, 2.05) is 32.0 Å². The number of nitrogens with zero attached hydrogens (tertiary/aromatic N) is 3. The molecule has 0 radical (unpaired) electrons. The van der Waals surface area contributed by atoms with Gasteiger partial charge in [-0.05, 0) is 36.3 Å². The van der Waals surface area contributed by atoms with Gasteiger partial charge in [-0.15, -0.1) is 0 Å². The van der Waals surface area contributed by atoms with E-state index in [0.29, 0.717) is 31.4 Å². The average Bonchev–Trinajstić information content (AvgIpc) is 3.43. The van der Waals surface area contributed by atoms with Gasteiger partial charge in [-0.3, -0.25) is 24.1 Å². The summed E-state index contributed by atoms with van der Waals surface area (Å²) in [4.78, 5) is 53.2. The van der Waals surface area contributed by atoms with Crippen molar-refractivity contribution in [1.29, 1.82) is 0 Å². The summed E-state index contributed by atoms with van der Waals surface area (Å²) >= 11 is 0. The van der Waals surface area contributed by atoms with Crippen molar-refractivity contribution in [3.63, 3.8) is 0 Å². The molecule has 0 bridgehead atoms. The van der Waals surface area contributed by atoms with Gasteiger partial charge in [0.05, 0.1) is 18.4 Å². The number of aryl methyl sites for hydroxylation is 1. The summed E-state index contributed by atoms with van der Waals surface area (Å²) < 4.78 is 0. The van der Waals surface area contributed by atoms with Crippen molar-refractivity contribution in [2.45, 2.75) is 71.1 Å². The van der Waals surface area contributed by atoms with Crippen LogP contribution in [0.4, 0.5) is 5.69 Å². The van der Waals surface area contributed by atoms with Crippen LogP contribution in [0.25, 0.3) is 0 Å². The first-order valence-electron chi connectivity index (χ1n) is 11.9. The van der Waals surface area contributed by atoms with E-state index in [1.54, 1.807) is 0 Å². The highest BCUT2D eigenvalue weighted by Gasteiger charge is 2.44. The van der Waals surface area contributed by atoms with Gasteiger partial charge < -0.3 is 16.0 Å². The SMILES string of the molecule is CC(=O)N[C@@H](CC(C)C)C(=O)N[C@H]1CCc2cccc3c2N(C1=O)[C@H](C(=O)NCc1cn[nH]n1)C3. The summed E-state index contributed by atoms with van der Waals surface area (Å²) in [7, 11) is 0. The van der Waals surface area contributed by atoms with Crippen LogP contribution in [0, 0.1) is 5.92 Å². The van der Waals surface area contributed by atoms with Crippen LogP contribution in [0.15, 0.2) is 24.4 Å². The van der Waals surface area contributed by atoms with E-state index in [9.17, 15) is 19.2 Å². The minimum Gasteiger partial charge on any atom is -0.348 e. The lowest BCUT2D eigenvalue weighted by Crippen LogP contribution is -2.57. The lowest BCUT2D eigenvalue weighted by atomic mass is 10.00. The Balaban J connectivity index is 1.55. The number of hydrogen-bond acceptors (Lipinski definition) is 6. The van der Waals surface area contributed by atoms with Crippen molar-refractivity contribution in [2.24, 2.45) is 5.92 Å². The molecule has 186 valence electrons. The van der Waals surface area contributed by atoms with Crippen LogP contribution >= 0.6 is 0 Å². The molecule has 0 saturated heterocycles. The van der Waals surface area contributed by atoms with Crippen molar-refractivity contribution in [2.75, 3.05) is 4.90 Å². The number of amides is 4. The van der Waals surface area contributed by atoms with Gasteiger partial charge in [0.1, 0.15) is 23.8 Å². The van der Waals surface area contributed by atoms with E-state index >= 15 is 0 Å². The molecule has 11 nitrogen and oxygen atoms in total. The van der Waals surface area contributed by atoms with Crippen molar-refractivity contribution >= 4 is 29.3 Å². The minimum atomic E-state index is -0.810. The standard InChI is InChI=1S/C24H31N7O4/c1-13(2)9-19(27-14(3)32)22(33)28-18-8-7-15-5-4-6-16-10-20(31(21(15)16)24(18)35)23(34)25-11-17-12-26-30-29-17/h4-6,12-13,18-20H,7-11H2,1-3H3,(H,25,34)(H,27,32)(H,28,33)(H,26,29,30)/t18-,19-,20-/m0/s1. The first-order chi connectivity index (χ1) is 16.7. The van der Waals surface area contributed by atoms with Gasteiger partial charge >= 0.3 is 0 Å². The Bertz CT molecular complexity index is 1120. The molecule has 11 heteroatoms. The number of aromatic nitrogens is 3. The van der Waals surface area contributed by atoms with E-state index in [-0.39, 0.29) is 30.2 Å². The number of nitrogens with one attached hydrogen (secondary N) is 4. The zero-order valence-electron chi connectivity index (χ0n) is 20.1. The third-order valence-corrected chi connectivity index (χ3v) is 6.34. The zero-order chi connectivity index (χ0) is 25.1. The summed E-state index contributed by atoms with van der Waals surface area (Å²) in [5.74, 6) is -1.16. The second-order valence-electron chi connectivity index (χ2n) is 9.51. The molecular formula is C24H31N7O4. The maximum absolute atomic E-state index is 13.7. The molecule has 0 aliphatic carbocycles. The fraction of sp³-hybridized carbons (Fsp3) is 0.500. The molecular weight excluding hydrogens is 450 g/mol. The van der Waals surface area contributed by atoms with Gasteiger partial charge in [-0.25, -0.2) is 0 Å². The van der Waals surface area contributed by atoms with Crippen molar-refractivity contribution in [3.05, 3.63) is 41.2 Å². The maximum Gasteiger partial charge on any atom is 0.250 e. The summed E-state index contributed by atoms with van der Waals surface area (Å²) in [6.07, 6.45) is 3.35. The van der Waals surface area contributed by atoms with Crippen molar-refractivity contribution in [1.82, 2.24) is 31.4 Å². The Kier molecular flexibility index (Phi) is 7.13. The molecule has 3 heterocycles. The van der Waals surface area contributed by atoms with Gasteiger partial charge in [0, 0.05) is 13.3 Å². The normalized spacial score (nSPS) is 19.7. The summed E-state index contributed by atoms with van der Waals surface area (Å²) in [6, 6.07) is 3.54. The molecule has 4 rings (SSSR count). The first-order valence-corrected chi connectivity index (χ1v) is 11.9. The van der Waals surface area contributed by atoms with Crippen LogP contribution in [0.3, 0.4) is 0 Å². The lowest BCUT2D eigenvalue weighted by Gasteiger charge is -2.29. The van der Waals surface area contributed by atoms with Gasteiger partial charge in [-0.2, -0.15) is 15.4 Å². The number of H-pyrrole nitrogens is 1.